The highest BCUT2D eigenvalue weighted by molar-refractivity contribution is 6.42. The van der Waals surface area contributed by atoms with Crippen LogP contribution in [0.1, 0.15) is 34.0 Å². The summed E-state index contributed by atoms with van der Waals surface area (Å²) >= 11 is 6.03. The Kier molecular flexibility index (Phi) is 3.71. The number of hydrogen-bond donors (Lipinski definition) is 1. The highest BCUT2D eigenvalue weighted by Crippen LogP contribution is 2.45. The molecule has 4 aromatic rings. The number of aryl methyl sites for hydroxylation is 1. The molecule has 1 aliphatic rings. The second-order valence-electron chi connectivity index (χ2n) is 6.70. The molecule has 5 heteroatoms. The van der Waals surface area contributed by atoms with Crippen LogP contribution < -0.4 is 4.74 Å². The number of furan rings is 2. The van der Waals surface area contributed by atoms with E-state index in [1.54, 1.807) is 42.5 Å². The normalized spacial score (nSPS) is 13.6. The minimum Gasteiger partial charge on any atom is -0.506 e. The molecule has 2 aromatic carbocycles. The van der Waals surface area contributed by atoms with E-state index in [1.807, 2.05) is 19.1 Å². The first kappa shape index (κ1) is 16.9. The number of halogens is 1. The van der Waals surface area contributed by atoms with Crippen LogP contribution in [0.2, 0.25) is 5.02 Å². The van der Waals surface area contributed by atoms with Gasteiger partial charge in [0.1, 0.15) is 28.4 Å². The number of hydrogen-bond acceptors (Lipinski definition) is 4. The summed E-state index contributed by atoms with van der Waals surface area (Å²) in [5.74, 6) is 0.897. The van der Waals surface area contributed by atoms with Gasteiger partial charge in [0.25, 0.3) is 0 Å². The molecular formula is C23H15ClO4. The average Bonchev–Trinajstić information content (AvgIpc) is 3.36. The van der Waals surface area contributed by atoms with Gasteiger partial charge in [-0.1, -0.05) is 30.7 Å². The second kappa shape index (κ2) is 6.14. The first-order chi connectivity index (χ1) is 13.6. The van der Waals surface area contributed by atoms with Crippen molar-refractivity contribution in [1.29, 1.82) is 0 Å². The molecule has 0 atom stereocenters. The summed E-state index contributed by atoms with van der Waals surface area (Å²) in [6.45, 7) is 2.01. The zero-order valence-corrected chi connectivity index (χ0v) is 15.7. The van der Waals surface area contributed by atoms with Gasteiger partial charge < -0.3 is 14.3 Å². The third-order valence-corrected chi connectivity index (χ3v) is 5.27. The Morgan fingerprint density at radius 2 is 1.75 bits per heavy atom. The fourth-order valence-corrected chi connectivity index (χ4v) is 3.93. The van der Waals surface area contributed by atoms with Crippen molar-refractivity contribution in [2.24, 2.45) is 0 Å². The van der Waals surface area contributed by atoms with Gasteiger partial charge in [-0.2, -0.15) is 0 Å². The zero-order valence-electron chi connectivity index (χ0n) is 15.0. The SMILES string of the molecule is CCc1ccc(Oc2cccc(Cl)c2)cc1C1=C(O)c2c(c3ccc2o3)C1=O. The summed E-state index contributed by atoms with van der Waals surface area (Å²) in [6.07, 6.45) is 0.712. The van der Waals surface area contributed by atoms with Crippen molar-refractivity contribution >= 4 is 39.9 Å². The minimum absolute atomic E-state index is 0.0380. The number of aliphatic hydroxyl groups is 1. The van der Waals surface area contributed by atoms with Crippen LogP contribution in [0.4, 0.5) is 0 Å². The first-order valence-electron chi connectivity index (χ1n) is 8.96. The molecule has 0 unspecified atom stereocenters. The predicted molar refractivity (Wildman–Crippen MR) is 109 cm³/mol. The molecule has 0 spiro atoms. The van der Waals surface area contributed by atoms with Crippen molar-refractivity contribution in [3.63, 3.8) is 0 Å². The molecule has 28 heavy (non-hydrogen) atoms. The van der Waals surface area contributed by atoms with Crippen molar-refractivity contribution in [2.45, 2.75) is 13.3 Å². The lowest BCUT2D eigenvalue weighted by Crippen LogP contribution is -2.02. The highest BCUT2D eigenvalue weighted by atomic mass is 35.5. The van der Waals surface area contributed by atoms with Crippen LogP contribution in [0, 0.1) is 0 Å². The molecule has 4 nitrogen and oxygen atoms in total. The summed E-state index contributed by atoms with van der Waals surface area (Å²) in [5, 5.41) is 11.4. The van der Waals surface area contributed by atoms with Gasteiger partial charge in [-0.25, -0.2) is 0 Å². The summed E-state index contributed by atoms with van der Waals surface area (Å²) < 4.78 is 11.4. The molecule has 2 bridgehead atoms. The number of ether oxygens (including phenoxy) is 1. The molecule has 2 heterocycles. The van der Waals surface area contributed by atoms with Crippen LogP contribution in [0.5, 0.6) is 11.5 Å². The summed E-state index contributed by atoms with van der Waals surface area (Å²) in [4.78, 5) is 13.1. The lowest BCUT2D eigenvalue weighted by atomic mass is 9.95. The van der Waals surface area contributed by atoms with E-state index in [-0.39, 0.29) is 11.5 Å². The number of benzene rings is 3. The number of rotatable bonds is 4. The third-order valence-electron chi connectivity index (χ3n) is 5.04. The number of ketones is 1. The second-order valence-corrected chi connectivity index (χ2v) is 7.14. The molecule has 138 valence electrons. The van der Waals surface area contributed by atoms with Gasteiger partial charge in [-0.3, -0.25) is 4.79 Å². The first-order valence-corrected chi connectivity index (χ1v) is 9.34. The van der Waals surface area contributed by atoms with Gasteiger partial charge in [0, 0.05) is 5.02 Å². The molecule has 0 aliphatic heterocycles. The van der Waals surface area contributed by atoms with Gasteiger partial charge in [0.2, 0.25) is 5.78 Å². The fourth-order valence-electron chi connectivity index (χ4n) is 3.75. The van der Waals surface area contributed by atoms with E-state index >= 15 is 0 Å². The van der Waals surface area contributed by atoms with Crippen molar-refractivity contribution in [2.75, 3.05) is 0 Å². The van der Waals surface area contributed by atoms with Crippen molar-refractivity contribution in [1.82, 2.24) is 0 Å². The maximum absolute atomic E-state index is 13.1. The lowest BCUT2D eigenvalue weighted by molar-refractivity contribution is 0.106. The minimum atomic E-state index is -0.226. The van der Waals surface area contributed by atoms with E-state index in [0.29, 0.717) is 56.4 Å². The van der Waals surface area contributed by atoms with Crippen LogP contribution >= 0.6 is 11.6 Å². The van der Waals surface area contributed by atoms with Crippen molar-refractivity contribution < 1.29 is 19.1 Å². The topological polar surface area (TPSA) is 59.7 Å². The number of aliphatic hydroxyl groups excluding tert-OH is 1. The van der Waals surface area contributed by atoms with Gasteiger partial charge in [-0.15, -0.1) is 0 Å². The van der Waals surface area contributed by atoms with Crippen LogP contribution in [-0.4, -0.2) is 10.9 Å². The number of carbonyl (C=O) groups is 1. The Hall–Kier alpha value is -3.24. The largest absolute Gasteiger partial charge is 0.506 e. The Bertz CT molecular complexity index is 1260. The highest BCUT2D eigenvalue weighted by Gasteiger charge is 2.37. The van der Waals surface area contributed by atoms with E-state index in [4.69, 9.17) is 20.8 Å². The number of carbonyl (C=O) groups excluding carboxylic acids is 1. The van der Waals surface area contributed by atoms with Crippen LogP contribution in [-0.2, 0) is 6.42 Å². The molecule has 1 N–H and O–H groups in total. The third kappa shape index (κ3) is 2.42. The van der Waals surface area contributed by atoms with E-state index < -0.39 is 0 Å². The van der Waals surface area contributed by atoms with E-state index in [2.05, 4.69) is 0 Å². The summed E-state index contributed by atoms with van der Waals surface area (Å²) in [7, 11) is 0. The lowest BCUT2D eigenvalue weighted by Gasteiger charge is -2.13. The quantitative estimate of drug-likeness (QED) is 0.432. The van der Waals surface area contributed by atoms with E-state index in [1.165, 1.54) is 0 Å². The molecule has 1 aliphatic carbocycles. The standard InChI is InChI=1S/C23H15ClO4/c1-2-12-6-7-15(27-14-5-3-4-13(24)10-14)11-16(12)19-22(25)20-17-8-9-18(28-17)21(20)23(19)26/h3-11,25H,2H2,1H3. The van der Waals surface area contributed by atoms with E-state index in [0.717, 1.165) is 5.56 Å². The smallest absolute Gasteiger partial charge is 0.202 e. The van der Waals surface area contributed by atoms with Gasteiger partial charge >= 0.3 is 0 Å². The Morgan fingerprint density at radius 3 is 2.46 bits per heavy atom. The molecule has 0 fully saturated rings. The Labute approximate surface area is 166 Å². The molecule has 0 saturated heterocycles. The Morgan fingerprint density at radius 1 is 1.00 bits per heavy atom. The van der Waals surface area contributed by atoms with E-state index in [9.17, 15) is 9.90 Å². The fraction of sp³-hybridized carbons (Fsp3) is 0.0870. The predicted octanol–water partition coefficient (Wildman–Crippen LogP) is 6.50. The van der Waals surface area contributed by atoms with Crippen LogP contribution in [0.15, 0.2) is 59.0 Å². The summed E-state index contributed by atoms with van der Waals surface area (Å²) in [6, 6.07) is 16.2. The maximum atomic E-state index is 13.1. The van der Waals surface area contributed by atoms with Crippen molar-refractivity contribution in [3.05, 3.63) is 81.9 Å². The van der Waals surface area contributed by atoms with Gasteiger partial charge in [-0.05, 0) is 60.0 Å². The van der Waals surface area contributed by atoms with Gasteiger partial charge in [0.05, 0.1) is 16.7 Å². The van der Waals surface area contributed by atoms with Crippen molar-refractivity contribution in [3.8, 4) is 11.5 Å². The van der Waals surface area contributed by atoms with Crippen LogP contribution in [0.3, 0.4) is 0 Å². The molecule has 0 radical (unpaired) electrons. The zero-order chi connectivity index (χ0) is 19.4. The average molecular weight is 391 g/mol. The van der Waals surface area contributed by atoms with Gasteiger partial charge in [0.15, 0.2) is 0 Å². The monoisotopic (exact) mass is 390 g/mol. The number of Topliss-reactive ketones (excluding diaryl/α,β-unsaturated/α-hetero) is 1. The molecular weight excluding hydrogens is 376 g/mol. The molecule has 2 aromatic heterocycles. The molecule has 0 amide bonds. The van der Waals surface area contributed by atoms with Crippen LogP contribution in [0.25, 0.3) is 22.5 Å². The Balaban J connectivity index is 1.61. The summed E-state index contributed by atoms with van der Waals surface area (Å²) in [5.41, 5.74) is 3.86. The molecule has 5 rings (SSSR count). The maximum Gasteiger partial charge on any atom is 0.202 e. The number of allylic oxidation sites excluding steroid dienone is 1. The molecule has 0 saturated carbocycles. The number of fused-ring (bicyclic) bond motifs is 5.